The monoisotopic (exact) mass is 405 g/mol. The molecule has 1 aliphatic rings. The van der Waals surface area contributed by atoms with Gasteiger partial charge in [0.05, 0.1) is 20.8 Å². The van der Waals surface area contributed by atoms with Crippen LogP contribution in [0.25, 0.3) is 11.0 Å². The number of aromatic nitrogens is 2. The molecule has 2 heterocycles. The van der Waals surface area contributed by atoms with Crippen molar-refractivity contribution in [3.05, 3.63) is 54.9 Å². The maximum Gasteiger partial charge on any atom is 0.269 e. The molecule has 4 rings (SSSR count). The van der Waals surface area contributed by atoms with Gasteiger partial charge < -0.3 is 0 Å². The van der Waals surface area contributed by atoms with Crippen molar-refractivity contribution in [2.75, 3.05) is 13.1 Å². The van der Waals surface area contributed by atoms with Crippen LogP contribution in [0, 0.1) is 0 Å². The van der Waals surface area contributed by atoms with Gasteiger partial charge in [-0.2, -0.15) is 4.31 Å². The maximum atomic E-state index is 12.9. The van der Waals surface area contributed by atoms with Crippen molar-refractivity contribution in [2.45, 2.75) is 29.1 Å². The minimum Gasteiger partial charge on any atom is -0.236 e. The molecule has 0 N–H and O–H groups in total. The number of para-hydroxylation sites is 2. The summed E-state index contributed by atoms with van der Waals surface area (Å²) in [7, 11) is -7.46. The molecule has 2 aromatic carbocycles. The lowest BCUT2D eigenvalue weighted by molar-refractivity contribution is 0.346. The fraction of sp³-hybridized carbons (Fsp3) is 0.278. The van der Waals surface area contributed by atoms with Crippen molar-refractivity contribution in [3.63, 3.8) is 0 Å². The summed E-state index contributed by atoms with van der Waals surface area (Å²) in [5, 5.41) is 0. The largest absolute Gasteiger partial charge is 0.269 e. The third kappa shape index (κ3) is 3.15. The molecule has 27 heavy (non-hydrogen) atoms. The molecule has 142 valence electrons. The molecule has 0 aliphatic carbocycles. The Labute approximate surface area is 158 Å². The van der Waals surface area contributed by atoms with Crippen molar-refractivity contribution in [3.8, 4) is 0 Å². The number of sulfonamides is 1. The quantitative estimate of drug-likeness (QED) is 0.665. The van der Waals surface area contributed by atoms with Gasteiger partial charge in [0.15, 0.2) is 0 Å². The van der Waals surface area contributed by atoms with E-state index in [1.165, 1.54) is 34.9 Å². The molecular formula is C18H19N3O4S2. The predicted molar refractivity (Wildman–Crippen MR) is 101 cm³/mol. The summed E-state index contributed by atoms with van der Waals surface area (Å²) in [4.78, 5) is 4.24. The van der Waals surface area contributed by atoms with Crippen LogP contribution in [0.1, 0.15) is 19.3 Å². The highest BCUT2D eigenvalue weighted by atomic mass is 32.2. The van der Waals surface area contributed by atoms with Crippen molar-refractivity contribution in [2.24, 2.45) is 0 Å². The summed E-state index contributed by atoms with van der Waals surface area (Å²) < 4.78 is 53.9. The van der Waals surface area contributed by atoms with Crippen molar-refractivity contribution in [1.82, 2.24) is 13.3 Å². The zero-order chi connectivity index (χ0) is 19.1. The normalized spacial score (nSPS) is 16.6. The number of fused-ring (bicyclic) bond motifs is 1. The summed E-state index contributed by atoms with van der Waals surface area (Å²) in [5.41, 5.74) is 1.05. The Kier molecular flexibility index (Phi) is 4.53. The Hall–Kier alpha value is -2.23. The average Bonchev–Trinajstić information content (AvgIpc) is 3.14. The number of nitrogens with zero attached hydrogens (tertiary/aromatic N) is 3. The van der Waals surface area contributed by atoms with E-state index >= 15 is 0 Å². The van der Waals surface area contributed by atoms with Crippen molar-refractivity contribution < 1.29 is 16.8 Å². The first-order valence-corrected chi connectivity index (χ1v) is 11.6. The number of hydrogen-bond acceptors (Lipinski definition) is 5. The first kappa shape index (κ1) is 18.1. The molecule has 0 unspecified atom stereocenters. The fourth-order valence-electron chi connectivity index (χ4n) is 3.28. The van der Waals surface area contributed by atoms with Crippen LogP contribution in [0.4, 0.5) is 0 Å². The van der Waals surface area contributed by atoms with E-state index in [1.54, 1.807) is 24.3 Å². The number of piperidine rings is 1. The van der Waals surface area contributed by atoms with Gasteiger partial charge in [0.1, 0.15) is 6.33 Å². The Morgan fingerprint density at radius 2 is 1.33 bits per heavy atom. The van der Waals surface area contributed by atoms with Crippen LogP contribution in [-0.4, -0.2) is 43.2 Å². The van der Waals surface area contributed by atoms with E-state index in [2.05, 4.69) is 4.98 Å². The first-order chi connectivity index (χ1) is 12.9. The second kappa shape index (κ2) is 6.74. The molecule has 9 heteroatoms. The first-order valence-electron chi connectivity index (χ1n) is 8.68. The Morgan fingerprint density at radius 1 is 0.741 bits per heavy atom. The number of hydrogen-bond donors (Lipinski definition) is 0. The van der Waals surface area contributed by atoms with E-state index < -0.39 is 20.0 Å². The van der Waals surface area contributed by atoms with Gasteiger partial charge in [-0.25, -0.2) is 25.8 Å². The molecule has 1 aliphatic heterocycles. The molecule has 1 aromatic heterocycles. The van der Waals surface area contributed by atoms with Gasteiger partial charge in [-0.15, -0.1) is 0 Å². The van der Waals surface area contributed by atoms with E-state index in [9.17, 15) is 16.8 Å². The second-order valence-corrected chi connectivity index (χ2v) is 10.2. The number of benzene rings is 2. The van der Waals surface area contributed by atoms with Gasteiger partial charge in [-0.1, -0.05) is 18.6 Å². The molecular weight excluding hydrogens is 386 g/mol. The highest BCUT2D eigenvalue weighted by Gasteiger charge is 2.27. The number of rotatable bonds is 4. The van der Waals surface area contributed by atoms with Crippen LogP contribution in [-0.2, 0) is 20.0 Å². The zero-order valence-corrected chi connectivity index (χ0v) is 16.2. The Balaban J connectivity index is 1.69. The maximum absolute atomic E-state index is 12.9. The summed E-state index contributed by atoms with van der Waals surface area (Å²) in [6, 6.07) is 12.3. The van der Waals surface area contributed by atoms with E-state index in [-0.39, 0.29) is 9.79 Å². The van der Waals surface area contributed by atoms with Crippen LogP contribution in [0.15, 0.2) is 64.6 Å². The van der Waals surface area contributed by atoms with Crippen LogP contribution >= 0.6 is 0 Å². The summed E-state index contributed by atoms with van der Waals surface area (Å²) >= 11 is 0. The van der Waals surface area contributed by atoms with E-state index in [0.717, 1.165) is 23.2 Å². The third-order valence-electron chi connectivity index (χ3n) is 4.75. The lowest BCUT2D eigenvalue weighted by Crippen LogP contribution is -2.35. The SMILES string of the molecule is O=S(=O)(c1ccc(S(=O)(=O)n2cnc3ccccc32)cc1)N1CCCCC1. The third-order valence-corrected chi connectivity index (χ3v) is 8.34. The van der Waals surface area contributed by atoms with Gasteiger partial charge in [0, 0.05) is 13.1 Å². The van der Waals surface area contributed by atoms with Crippen LogP contribution in [0.2, 0.25) is 0 Å². The fourth-order valence-corrected chi connectivity index (χ4v) is 6.09. The lowest BCUT2D eigenvalue weighted by Gasteiger charge is -2.25. The molecule has 0 saturated carbocycles. The molecule has 0 bridgehead atoms. The smallest absolute Gasteiger partial charge is 0.236 e. The topological polar surface area (TPSA) is 89.3 Å². The molecule has 0 atom stereocenters. The van der Waals surface area contributed by atoms with E-state index in [0.29, 0.717) is 24.1 Å². The minimum atomic E-state index is -3.86. The van der Waals surface area contributed by atoms with Gasteiger partial charge in [-0.3, -0.25) is 0 Å². The van der Waals surface area contributed by atoms with Gasteiger partial charge >= 0.3 is 0 Å². The zero-order valence-electron chi connectivity index (χ0n) is 14.5. The Bertz CT molecular complexity index is 1180. The highest BCUT2D eigenvalue weighted by Crippen LogP contribution is 2.24. The minimum absolute atomic E-state index is 0.0169. The van der Waals surface area contributed by atoms with Crippen LogP contribution in [0.5, 0.6) is 0 Å². The predicted octanol–water partition coefficient (Wildman–Crippen LogP) is 2.45. The number of imidazole rings is 1. The molecule has 0 amide bonds. The summed E-state index contributed by atoms with van der Waals surface area (Å²) in [6.07, 6.45) is 3.99. The molecule has 3 aromatic rings. The van der Waals surface area contributed by atoms with Gasteiger partial charge in [0.2, 0.25) is 10.0 Å². The average molecular weight is 406 g/mol. The standard InChI is InChI=1S/C18H19N3O4S2/c22-26(23,20-12-4-1-5-13-20)15-8-10-16(11-9-15)27(24,25)21-14-19-17-6-2-3-7-18(17)21/h2-3,6-11,14H,1,4-5,12-13H2. The summed E-state index contributed by atoms with van der Waals surface area (Å²) in [6.45, 7) is 1.01. The van der Waals surface area contributed by atoms with Crippen molar-refractivity contribution in [1.29, 1.82) is 0 Å². The van der Waals surface area contributed by atoms with E-state index in [1.807, 2.05) is 0 Å². The molecule has 0 spiro atoms. The van der Waals surface area contributed by atoms with Gasteiger partial charge in [-0.05, 0) is 49.2 Å². The van der Waals surface area contributed by atoms with Gasteiger partial charge in [0.25, 0.3) is 10.0 Å². The molecule has 1 fully saturated rings. The van der Waals surface area contributed by atoms with E-state index in [4.69, 9.17) is 0 Å². The second-order valence-electron chi connectivity index (χ2n) is 6.47. The molecule has 7 nitrogen and oxygen atoms in total. The molecule has 1 saturated heterocycles. The van der Waals surface area contributed by atoms with Crippen molar-refractivity contribution >= 4 is 31.1 Å². The molecule has 0 radical (unpaired) electrons. The lowest BCUT2D eigenvalue weighted by atomic mass is 10.2. The van der Waals surface area contributed by atoms with Crippen LogP contribution < -0.4 is 0 Å². The highest BCUT2D eigenvalue weighted by molar-refractivity contribution is 7.90. The summed E-state index contributed by atoms with van der Waals surface area (Å²) in [5.74, 6) is 0. The van der Waals surface area contributed by atoms with Crippen LogP contribution in [0.3, 0.4) is 0 Å². The Morgan fingerprint density at radius 3 is 2.00 bits per heavy atom.